The van der Waals surface area contributed by atoms with Gasteiger partial charge in [-0.3, -0.25) is 4.57 Å². The molecule has 1 atom stereocenters. The summed E-state index contributed by atoms with van der Waals surface area (Å²) >= 11 is 0. The second-order valence-electron chi connectivity index (χ2n) is 6.27. The van der Waals surface area contributed by atoms with Crippen LogP contribution in [0.15, 0.2) is 91.0 Å². The van der Waals surface area contributed by atoms with Gasteiger partial charge in [-0.05, 0) is 40.6 Å². The Hall–Kier alpha value is -2.87. The van der Waals surface area contributed by atoms with Crippen LogP contribution in [0.3, 0.4) is 0 Å². The zero-order valence-electron chi connectivity index (χ0n) is 14.9. The molecule has 0 bridgehead atoms. The van der Waals surface area contributed by atoms with E-state index in [2.05, 4.69) is 0 Å². The van der Waals surface area contributed by atoms with E-state index in [4.69, 9.17) is 4.52 Å². The summed E-state index contributed by atoms with van der Waals surface area (Å²) in [7, 11) is -1.85. The molecule has 4 aromatic carbocycles. The minimum atomic E-state index is -3.32. The number of aromatic hydroxyl groups is 1. The molecule has 0 aliphatic heterocycles. The highest BCUT2D eigenvalue weighted by molar-refractivity contribution is 7.74. The van der Waals surface area contributed by atoms with Gasteiger partial charge in [0.25, 0.3) is 7.37 Å². The molecule has 134 valence electrons. The van der Waals surface area contributed by atoms with E-state index in [9.17, 15) is 9.67 Å². The molecule has 4 rings (SSSR count). The number of phenols is 1. The quantitative estimate of drug-likeness (QED) is 0.506. The summed E-state index contributed by atoms with van der Waals surface area (Å²) in [5.41, 5.74) is 1.37. The molecule has 0 aliphatic rings. The zero-order valence-corrected chi connectivity index (χ0v) is 15.8. The third kappa shape index (κ3) is 2.95. The summed E-state index contributed by atoms with van der Waals surface area (Å²) in [5, 5.41) is 13.8. The Morgan fingerprint density at radius 1 is 0.778 bits per heavy atom. The first kappa shape index (κ1) is 17.5. The lowest BCUT2D eigenvalue weighted by Crippen LogP contribution is -2.19. The molecule has 1 unspecified atom stereocenters. The fourth-order valence-electron chi connectivity index (χ4n) is 3.45. The maximum Gasteiger partial charge on any atom is 0.261 e. The van der Waals surface area contributed by atoms with Crippen LogP contribution in [0.5, 0.6) is 5.75 Å². The SMILES string of the molecule is COP(=O)(c1ccccc1)c1ccccc1-c1c(O)ccc2ccccc12. The third-order valence-corrected chi connectivity index (χ3v) is 7.27. The van der Waals surface area contributed by atoms with Gasteiger partial charge in [-0.2, -0.15) is 0 Å². The molecule has 0 saturated carbocycles. The number of hydrogen-bond acceptors (Lipinski definition) is 3. The molecule has 1 N–H and O–H groups in total. The number of rotatable bonds is 4. The number of hydrogen-bond donors (Lipinski definition) is 1. The molecular formula is C23H19O3P. The van der Waals surface area contributed by atoms with Crippen molar-refractivity contribution in [1.29, 1.82) is 0 Å². The van der Waals surface area contributed by atoms with Crippen molar-refractivity contribution in [1.82, 2.24) is 0 Å². The van der Waals surface area contributed by atoms with Gasteiger partial charge in [0.15, 0.2) is 0 Å². The van der Waals surface area contributed by atoms with Gasteiger partial charge in [0, 0.05) is 23.3 Å². The van der Waals surface area contributed by atoms with Crippen molar-refractivity contribution in [3.8, 4) is 16.9 Å². The summed E-state index contributed by atoms with van der Waals surface area (Å²) in [4.78, 5) is 0. The molecule has 0 radical (unpaired) electrons. The van der Waals surface area contributed by atoms with Crippen LogP contribution in [0.2, 0.25) is 0 Å². The van der Waals surface area contributed by atoms with E-state index >= 15 is 0 Å². The topological polar surface area (TPSA) is 46.5 Å². The van der Waals surface area contributed by atoms with Crippen LogP contribution in [-0.2, 0) is 9.09 Å². The smallest absolute Gasteiger partial charge is 0.261 e. The molecular weight excluding hydrogens is 355 g/mol. The Morgan fingerprint density at radius 3 is 2.22 bits per heavy atom. The highest BCUT2D eigenvalue weighted by atomic mass is 31.2. The first-order valence-electron chi connectivity index (χ1n) is 8.67. The highest BCUT2D eigenvalue weighted by Gasteiger charge is 2.31. The lowest BCUT2D eigenvalue weighted by atomic mass is 9.97. The van der Waals surface area contributed by atoms with Crippen molar-refractivity contribution in [3.63, 3.8) is 0 Å². The van der Waals surface area contributed by atoms with Gasteiger partial charge in [0.1, 0.15) is 5.75 Å². The Morgan fingerprint density at radius 2 is 1.44 bits per heavy atom. The predicted octanol–water partition coefficient (Wildman–Crippen LogP) is 5.09. The van der Waals surface area contributed by atoms with Crippen LogP contribution < -0.4 is 10.6 Å². The summed E-state index contributed by atoms with van der Waals surface area (Å²) in [6.07, 6.45) is 0. The molecule has 4 aromatic rings. The Bertz CT molecular complexity index is 1150. The third-order valence-electron chi connectivity index (χ3n) is 4.75. The number of benzene rings is 4. The van der Waals surface area contributed by atoms with E-state index in [0.29, 0.717) is 21.7 Å². The molecule has 0 fully saturated rings. The predicted molar refractivity (Wildman–Crippen MR) is 111 cm³/mol. The van der Waals surface area contributed by atoms with Crippen molar-refractivity contribution in [2.45, 2.75) is 0 Å². The van der Waals surface area contributed by atoms with E-state index in [-0.39, 0.29) is 5.75 Å². The van der Waals surface area contributed by atoms with Crippen LogP contribution in [0.4, 0.5) is 0 Å². The maximum atomic E-state index is 13.9. The van der Waals surface area contributed by atoms with Gasteiger partial charge in [-0.25, -0.2) is 0 Å². The van der Waals surface area contributed by atoms with Crippen molar-refractivity contribution in [2.24, 2.45) is 0 Å². The standard InChI is InChI=1S/C23H19O3P/c1-26-27(25,18-10-3-2-4-11-18)22-14-8-7-13-20(22)23-19-12-6-5-9-17(19)15-16-21(23)24/h2-16,24H,1H3. The summed E-state index contributed by atoms with van der Waals surface area (Å²) < 4.78 is 19.5. The van der Waals surface area contributed by atoms with Crippen LogP contribution in [0.25, 0.3) is 21.9 Å². The van der Waals surface area contributed by atoms with Gasteiger partial charge in [0.2, 0.25) is 0 Å². The van der Waals surface area contributed by atoms with E-state index in [0.717, 1.165) is 10.8 Å². The van der Waals surface area contributed by atoms with Gasteiger partial charge >= 0.3 is 0 Å². The second kappa shape index (κ2) is 7.03. The fourth-order valence-corrected chi connectivity index (χ4v) is 5.49. The zero-order chi connectivity index (χ0) is 18.9. The Balaban J connectivity index is 2.04. The molecule has 0 aromatic heterocycles. The number of phenolic OH excluding ortho intramolecular Hbond substituents is 1. The summed E-state index contributed by atoms with van der Waals surface area (Å²) in [6.45, 7) is 0. The van der Waals surface area contributed by atoms with Crippen molar-refractivity contribution in [3.05, 3.63) is 91.0 Å². The maximum absolute atomic E-state index is 13.9. The lowest BCUT2D eigenvalue weighted by Gasteiger charge is -2.21. The van der Waals surface area contributed by atoms with Crippen LogP contribution >= 0.6 is 7.37 Å². The molecule has 27 heavy (non-hydrogen) atoms. The average Bonchev–Trinajstić information content (AvgIpc) is 2.74. The largest absolute Gasteiger partial charge is 0.507 e. The van der Waals surface area contributed by atoms with Gasteiger partial charge < -0.3 is 9.63 Å². The molecule has 3 nitrogen and oxygen atoms in total. The first-order valence-corrected chi connectivity index (χ1v) is 10.3. The molecule has 0 aliphatic carbocycles. The van der Waals surface area contributed by atoms with E-state index in [1.54, 1.807) is 6.07 Å². The van der Waals surface area contributed by atoms with Crippen molar-refractivity contribution >= 4 is 28.8 Å². The van der Waals surface area contributed by atoms with E-state index in [1.807, 2.05) is 84.9 Å². The highest BCUT2D eigenvalue weighted by Crippen LogP contribution is 2.48. The van der Waals surface area contributed by atoms with E-state index < -0.39 is 7.37 Å². The Labute approximate surface area is 158 Å². The second-order valence-corrected chi connectivity index (χ2v) is 8.73. The van der Waals surface area contributed by atoms with Gasteiger partial charge in [-0.1, -0.05) is 66.7 Å². The molecule has 0 saturated heterocycles. The average molecular weight is 374 g/mol. The van der Waals surface area contributed by atoms with Crippen molar-refractivity contribution < 1.29 is 14.2 Å². The van der Waals surface area contributed by atoms with Crippen LogP contribution in [0, 0.1) is 0 Å². The Kier molecular flexibility index (Phi) is 4.57. The normalized spacial score (nSPS) is 13.4. The summed E-state index contributed by atoms with van der Waals surface area (Å²) in [5.74, 6) is 0.150. The molecule has 0 spiro atoms. The van der Waals surface area contributed by atoms with E-state index in [1.165, 1.54) is 7.11 Å². The van der Waals surface area contributed by atoms with Crippen LogP contribution in [-0.4, -0.2) is 12.2 Å². The van der Waals surface area contributed by atoms with Gasteiger partial charge in [-0.15, -0.1) is 0 Å². The minimum Gasteiger partial charge on any atom is -0.507 e. The minimum absolute atomic E-state index is 0.150. The number of fused-ring (bicyclic) bond motifs is 1. The first-order chi connectivity index (χ1) is 13.1. The molecule has 0 amide bonds. The fraction of sp³-hybridized carbons (Fsp3) is 0.0435. The molecule has 0 heterocycles. The molecule has 4 heteroatoms. The summed E-state index contributed by atoms with van der Waals surface area (Å²) in [6, 6.07) is 28.0. The monoisotopic (exact) mass is 374 g/mol. The van der Waals surface area contributed by atoms with Crippen LogP contribution in [0.1, 0.15) is 0 Å². The van der Waals surface area contributed by atoms with Crippen molar-refractivity contribution in [2.75, 3.05) is 7.11 Å². The van der Waals surface area contributed by atoms with Gasteiger partial charge in [0.05, 0.1) is 0 Å². The lowest BCUT2D eigenvalue weighted by molar-refractivity contribution is 0.412.